The Morgan fingerprint density at radius 3 is 2.88 bits per heavy atom. The molecule has 0 aromatic carbocycles. The summed E-state index contributed by atoms with van der Waals surface area (Å²) >= 11 is 0. The zero-order valence-corrected chi connectivity index (χ0v) is 10.4. The lowest BCUT2D eigenvalue weighted by atomic mass is 10.2. The minimum absolute atomic E-state index is 0.262. The molecule has 1 atom stereocenters. The molecule has 0 amide bonds. The molecule has 0 bridgehead atoms. The van der Waals surface area contributed by atoms with Crippen molar-refractivity contribution in [2.75, 3.05) is 7.05 Å². The second kappa shape index (κ2) is 5.05. The van der Waals surface area contributed by atoms with Crippen molar-refractivity contribution in [3.63, 3.8) is 0 Å². The Hall–Kier alpha value is -1.75. The molecule has 0 spiro atoms. The monoisotopic (exact) mass is 231 g/mol. The smallest absolute Gasteiger partial charge is 0.115 e. The maximum Gasteiger partial charge on any atom is 0.115 e. The van der Waals surface area contributed by atoms with Crippen molar-refractivity contribution in [1.82, 2.24) is 24.6 Å². The molecular weight excluding hydrogens is 214 g/mol. The van der Waals surface area contributed by atoms with Gasteiger partial charge in [-0.25, -0.2) is 9.97 Å². The van der Waals surface area contributed by atoms with Gasteiger partial charge < -0.3 is 0 Å². The third-order valence-electron chi connectivity index (χ3n) is 2.88. The van der Waals surface area contributed by atoms with E-state index in [0.29, 0.717) is 0 Å². The Bertz CT molecular complexity index is 465. The number of rotatable bonds is 4. The summed E-state index contributed by atoms with van der Waals surface area (Å²) in [7, 11) is 4.01. The highest BCUT2D eigenvalue weighted by atomic mass is 15.2. The van der Waals surface area contributed by atoms with E-state index >= 15 is 0 Å². The predicted molar refractivity (Wildman–Crippen MR) is 65.1 cm³/mol. The van der Waals surface area contributed by atoms with Gasteiger partial charge >= 0.3 is 0 Å². The minimum atomic E-state index is 0.262. The lowest BCUT2D eigenvalue weighted by molar-refractivity contribution is 0.248. The fraction of sp³-hybridized carbons (Fsp3) is 0.417. The fourth-order valence-electron chi connectivity index (χ4n) is 1.75. The number of hydrogen-bond acceptors (Lipinski definition) is 4. The van der Waals surface area contributed by atoms with Gasteiger partial charge in [0.1, 0.15) is 6.33 Å². The molecular formula is C12H17N5. The van der Waals surface area contributed by atoms with Gasteiger partial charge in [-0.05, 0) is 20.0 Å². The molecule has 0 saturated carbocycles. The van der Waals surface area contributed by atoms with Crippen LogP contribution >= 0.6 is 0 Å². The van der Waals surface area contributed by atoms with E-state index < -0.39 is 0 Å². The topological polar surface area (TPSA) is 46.8 Å². The summed E-state index contributed by atoms with van der Waals surface area (Å²) in [6.07, 6.45) is 7.28. The zero-order chi connectivity index (χ0) is 12.3. The average Bonchev–Trinajstić information content (AvgIpc) is 2.75. The predicted octanol–water partition coefficient (Wildman–Crippen LogP) is 1.40. The molecule has 2 aromatic heterocycles. The molecule has 5 nitrogen and oxygen atoms in total. The summed E-state index contributed by atoms with van der Waals surface area (Å²) in [6, 6.07) is 2.21. The van der Waals surface area contributed by atoms with E-state index in [1.807, 2.05) is 30.2 Å². The first-order valence-corrected chi connectivity index (χ1v) is 5.60. The summed E-state index contributed by atoms with van der Waals surface area (Å²) in [5, 5.41) is 4.17. The molecule has 2 heterocycles. The molecule has 2 rings (SSSR count). The van der Waals surface area contributed by atoms with E-state index in [1.165, 1.54) is 5.56 Å². The van der Waals surface area contributed by atoms with Crippen molar-refractivity contribution >= 4 is 0 Å². The molecule has 5 heteroatoms. The summed E-state index contributed by atoms with van der Waals surface area (Å²) in [5.74, 6) is 0. The molecule has 2 aromatic rings. The van der Waals surface area contributed by atoms with Crippen molar-refractivity contribution in [2.45, 2.75) is 19.5 Å². The van der Waals surface area contributed by atoms with Gasteiger partial charge in [0.2, 0.25) is 0 Å². The third kappa shape index (κ3) is 2.88. The molecule has 0 radical (unpaired) electrons. The van der Waals surface area contributed by atoms with Gasteiger partial charge in [0.25, 0.3) is 0 Å². The SMILES string of the molecule is CC(c1ccncn1)N(C)Cc1cnn(C)c1. The molecule has 0 aliphatic rings. The molecule has 0 fully saturated rings. The van der Waals surface area contributed by atoms with Crippen LogP contribution in [-0.4, -0.2) is 31.7 Å². The maximum atomic E-state index is 4.27. The molecule has 0 aliphatic carbocycles. The average molecular weight is 231 g/mol. The number of hydrogen-bond donors (Lipinski definition) is 0. The van der Waals surface area contributed by atoms with Crippen LogP contribution in [0.5, 0.6) is 0 Å². The molecule has 0 N–H and O–H groups in total. The first-order valence-electron chi connectivity index (χ1n) is 5.60. The van der Waals surface area contributed by atoms with Crippen molar-refractivity contribution in [2.24, 2.45) is 7.05 Å². The van der Waals surface area contributed by atoms with Crippen molar-refractivity contribution in [3.8, 4) is 0 Å². The van der Waals surface area contributed by atoms with Gasteiger partial charge in [-0.15, -0.1) is 0 Å². The fourth-order valence-corrected chi connectivity index (χ4v) is 1.75. The van der Waals surface area contributed by atoms with E-state index in [0.717, 1.165) is 12.2 Å². The summed E-state index contributed by atoms with van der Waals surface area (Å²) in [4.78, 5) is 10.4. The third-order valence-corrected chi connectivity index (χ3v) is 2.88. The highest BCUT2D eigenvalue weighted by Gasteiger charge is 2.13. The van der Waals surface area contributed by atoms with E-state index in [-0.39, 0.29) is 6.04 Å². The second-order valence-corrected chi connectivity index (χ2v) is 4.25. The molecule has 0 aliphatic heterocycles. The van der Waals surface area contributed by atoms with Crippen LogP contribution in [0.2, 0.25) is 0 Å². The van der Waals surface area contributed by atoms with Gasteiger partial charge in [-0.1, -0.05) is 0 Å². The summed E-state index contributed by atoms with van der Waals surface area (Å²) in [6.45, 7) is 3.00. The standard InChI is InChI=1S/C12H17N5/c1-10(12-4-5-13-9-14-12)16(2)7-11-6-15-17(3)8-11/h4-6,8-10H,7H2,1-3H3. The van der Waals surface area contributed by atoms with Crippen LogP contribution in [0.3, 0.4) is 0 Å². The maximum absolute atomic E-state index is 4.27. The van der Waals surface area contributed by atoms with Crippen LogP contribution in [-0.2, 0) is 13.6 Å². The quantitative estimate of drug-likeness (QED) is 0.798. The Kier molecular flexibility index (Phi) is 3.49. The van der Waals surface area contributed by atoms with Crippen LogP contribution < -0.4 is 0 Å². The van der Waals surface area contributed by atoms with Crippen LogP contribution in [0.15, 0.2) is 31.0 Å². The van der Waals surface area contributed by atoms with Crippen molar-refractivity contribution in [3.05, 3.63) is 42.2 Å². The largest absolute Gasteiger partial charge is 0.294 e. The number of nitrogens with zero attached hydrogens (tertiary/aromatic N) is 5. The van der Waals surface area contributed by atoms with Crippen LogP contribution in [0.4, 0.5) is 0 Å². The van der Waals surface area contributed by atoms with Gasteiger partial charge in [0, 0.05) is 37.6 Å². The minimum Gasteiger partial charge on any atom is -0.294 e. The van der Waals surface area contributed by atoms with Gasteiger partial charge in [0.15, 0.2) is 0 Å². The Balaban J connectivity index is 2.03. The number of aryl methyl sites for hydroxylation is 1. The zero-order valence-electron chi connectivity index (χ0n) is 10.4. The van der Waals surface area contributed by atoms with E-state index in [1.54, 1.807) is 12.5 Å². The van der Waals surface area contributed by atoms with Crippen molar-refractivity contribution in [1.29, 1.82) is 0 Å². The van der Waals surface area contributed by atoms with Gasteiger partial charge in [-0.3, -0.25) is 9.58 Å². The molecule has 1 unspecified atom stereocenters. The Labute approximate surface area is 101 Å². The van der Waals surface area contributed by atoms with Crippen LogP contribution in [0.25, 0.3) is 0 Å². The molecule has 0 saturated heterocycles. The molecule has 90 valence electrons. The molecule has 17 heavy (non-hydrogen) atoms. The van der Waals surface area contributed by atoms with Gasteiger partial charge in [-0.2, -0.15) is 5.10 Å². The normalized spacial score (nSPS) is 12.9. The Morgan fingerprint density at radius 1 is 1.47 bits per heavy atom. The van der Waals surface area contributed by atoms with Gasteiger partial charge in [0.05, 0.1) is 11.9 Å². The highest BCUT2D eigenvalue weighted by Crippen LogP contribution is 2.17. The Morgan fingerprint density at radius 2 is 2.29 bits per heavy atom. The lowest BCUT2D eigenvalue weighted by Gasteiger charge is -2.23. The number of aromatic nitrogens is 4. The highest BCUT2D eigenvalue weighted by molar-refractivity contribution is 5.07. The van der Waals surface area contributed by atoms with Crippen LogP contribution in [0, 0.1) is 0 Å². The van der Waals surface area contributed by atoms with E-state index in [4.69, 9.17) is 0 Å². The van der Waals surface area contributed by atoms with Crippen LogP contribution in [0.1, 0.15) is 24.2 Å². The lowest BCUT2D eigenvalue weighted by Crippen LogP contribution is -2.22. The summed E-state index contributed by atoms with van der Waals surface area (Å²) < 4.78 is 1.82. The van der Waals surface area contributed by atoms with Crippen molar-refractivity contribution < 1.29 is 0 Å². The second-order valence-electron chi connectivity index (χ2n) is 4.25. The van der Waals surface area contributed by atoms with E-state index in [9.17, 15) is 0 Å². The first kappa shape index (κ1) is 11.7. The van der Waals surface area contributed by atoms with E-state index in [2.05, 4.69) is 33.9 Å². The first-order chi connectivity index (χ1) is 8.16. The summed E-state index contributed by atoms with van der Waals surface area (Å²) in [5.41, 5.74) is 2.24.